The van der Waals surface area contributed by atoms with Crippen LogP contribution in [-0.4, -0.2) is 25.1 Å². The fourth-order valence-corrected chi connectivity index (χ4v) is 3.86. The summed E-state index contributed by atoms with van der Waals surface area (Å²) in [6.07, 6.45) is 5.01. The molecule has 168 valence electrons. The number of furan rings is 1. The van der Waals surface area contributed by atoms with E-state index in [2.05, 4.69) is 10.3 Å². The minimum absolute atomic E-state index is 0.260. The number of carbonyl (C=O) groups excluding carboxylic acids is 1. The second kappa shape index (κ2) is 9.20. The summed E-state index contributed by atoms with van der Waals surface area (Å²) in [4.78, 5) is 16.9. The van der Waals surface area contributed by atoms with Crippen LogP contribution in [0.15, 0.2) is 65.4 Å². The minimum atomic E-state index is -0.260. The number of nitrogens with zero attached hydrogens (tertiary/aromatic N) is 1. The van der Waals surface area contributed by atoms with Gasteiger partial charge in [0, 0.05) is 34.3 Å². The lowest BCUT2D eigenvalue weighted by Crippen LogP contribution is -2.10. The molecule has 0 aliphatic carbocycles. The smallest absolute Gasteiger partial charge is 0.249 e. The van der Waals surface area contributed by atoms with Gasteiger partial charge in [0.05, 0.1) is 20.5 Å². The first-order chi connectivity index (χ1) is 15.9. The van der Waals surface area contributed by atoms with Gasteiger partial charge in [-0.3, -0.25) is 4.79 Å². The molecule has 0 atom stereocenters. The number of rotatable bonds is 6. The highest BCUT2D eigenvalue weighted by molar-refractivity contribution is 6.05. The molecule has 1 N–H and O–H groups in total. The molecule has 0 fully saturated rings. The highest BCUT2D eigenvalue weighted by Gasteiger charge is 2.19. The number of carbonyl (C=O) groups is 1. The van der Waals surface area contributed by atoms with Crippen LogP contribution >= 0.6 is 0 Å². The van der Waals surface area contributed by atoms with Gasteiger partial charge in [-0.2, -0.15) is 0 Å². The number of methoxy groups -OCH3 is 2. The highest BCUT2D eigenvalue weighted by atomic mass is 16.5. The van der Waals surface area contributed by atoms with Gasteiger partial charge in [0.15, 0.2) is 0 Å². The molecule has 0 aliphatic heterocycles. The van der Waals surface area contributed by atoms with Gasteiger partial charge in [0.1, 0.15) is 22.9 Å². The van der Waals surface area contributed by atoms with Crippen molar-refractivity contribution in [2.75, 3.05) is 19.5 Å². The van der Waals surface area contributed by atoms with Crippen LogP contribution in [-0.2, 0) is 4.79 Å². The Hall–Kier alpha value is -4.06. The Morgan fingerprint density at radius 1 is 1.09 bits per heavy atom. The number of hydrogen-bond donors (Lipinski definition) is 1. The Labute approximate surface area is 192 Å². The van der Waals surface area contributed by atoms with Crippen LogP contribution in [0.4, 0.5) is 5.82 Å². The molecule has 2 aromatic carbocycles. The van der Waals surface area contributed by atoms with Gasteiger partial charge in [-0.1, -0.05) is 18.2 Å². The fourth-order valence-electron chi connectivity index (χ4n) is 3.86. The normalized spacial score (nSPS) is 11.5. The molecule has 0 saturated carbocycles. The van der Waals surface area contributed by atoms with Crippen LogP contribution in [0.3, 0.4) is 0 Å². The summed E-state index contributed by atoms with van der Waals surface area (Å²) in [5, 5.41) is 3.74. The average Bonchev–Trinajstić information content (AvgIpc) is 3.25. The maximum atomic E-state index is 12.6. The van der Waals surface area contributed by atoms with Crippen molar-refractivity contribution >= 4 is 28.3 Å². The summed E-state index contributed by atoms with van der Waals surface area (Å²) in [5.74, 6) is 1.68. The molecule has 0 aliphatic rings. The molecule has 0 bridgehead atoms. The zero-order chi connectivity index (χ0) is 23.5. The van der Waals surface area contributed by atoms with E-state index in [4.69, 9.17) is 13.9 Å². The van der Waals surface area contributed by atoms with E-state index < -0.39 is 0 Å². The van der Waals surface area contributed by atoms with Gasteiger partial charge in [-0.05, 0) is 61.7 Å². The summed E-state index contributed by atoms with van der Waals surface area (Å²) in [5.41, 5.74) is 6.15. The lowest BCUT2D eigenvalue weighted by atomic mass is 9.96. The van der Waals surface area contributed by atoms with E-state index in [1.54, 1.807) is 38.8 Å². The maximum absolute atomic E-state index is 12.6. The molecule has 6 nitrogen and oxygen atoms in total. The molecule has 4 rings (SSSR count). The number of amides is 1. The van der Waals surface area contributed by atoms with Crippen molar-refractivity contribution in [2.24, 2.45) is 0 Å². The van der Waals surface area contributed by atoms with E-state index in [-0.39, 0.29) is 5.91 Å². The largest absolute Gasteiger partial charge is 0.497 e. The second-order valence-corrected chi connectivity index (χ2v) is 7.88. The minimum Gasteiger partial charge on any atom is -0.497 e. The van der Waals surface area contributed by atoms with Crippen LogP contribution in [0.25, 0.3) is 27.7 Å². The van der Waals surface area contributed by atoms with Gasteiger partial charge in [0.25, 0.3) is 0 Å². The summed E-state index contributed by atoms with van der Waals surface area (Å²) < 4.78 is 17.0. The van der Waals surface area contributed by atoms with Crippen molar-refractivity contribution in [2.45, 2.75) is 20.8 Å². The number of nitrogens with one attached hydrogen (secondary N) is 1. The second-order valence-electron chi connectivity index (χ2n) is 7.88. The lowest BCUT2D eigenvalue weighted by Gasteiger charge is -2.13. The van der Waals surface area contributed by atoms with Crippen molar-refractivity contribution in [1.29, 1.82) is 0 Å². The molecule has 0 radical (unpaired) electrons. The number of hydrogen-bond acceptors (Lipinski definition) is 5. The molecule has 33 heavy (non-hydrogen) atoms. The first-order valence-electron chi connectivity index (χ1n) is 10.6. The Morgan fingerprint density at radius 3 is 2.61 bits per heavy atom. The molecule has 2 heterocycles. The van der Waals surface area contributed by atoms with E-state index in [9.17, 15) is 4.79 Å². The van der Waals surface area contributed by atoms with Crippen LogP contribution in [0.5, 0.6) is 11.5 Å². The van der Waals surface area contributed by atoms with E-state index in [0.29, 0.717) is 11.6 Å². The molecule has 0 saturated heterocycles. The van der Waals surface area contributed by atoms with Gasteiger partial charge in [-0.15, -0.1) is 0 Å². The highest BCUT2D eigenvalue weighted by Crippen LogP contribution is 2.41. The van der Waals surface area contributed by atoms with E-state index in [0.717, 1.165) is 50.1 Å². The van der Waals surface area contributed by atoms with Crippen LogP contribution in [0.2, 0.25) is 0 Å². The van der Waals surface area contributed by atoms with Crippen LogP contribution in [0, 0.1) is 13.8 Å². The predicted octanol–water partition coefficient (Wildman–Crippen LogP) is 6.17. The molecule has 6 heteroatoms. The molecule has 0 unspecified atom stereocenters. The fraction of sp³-hybridized carbons (Fsp3) is 0.185. The summed E-state index contributed by atoms with van der Waals surface area (Å²) in [6, 6.07) is 13.5. The number of aryl methyl sites for hydroxylation is 2. The maximum Gasteiger partial charge on any atom is 0.249 e. The van der Waals surface area contributed by atoms with Gasteiger partial charge in [0.2, 0.25) is 5.91 Å². The standard InChI is InChI=1S/C27H26N2O4/c1-16-9-10-24(28-14-16)29-25(30)11-17(2)21-13-22-23(19-7-6-8-20(12-19)31-4)15-33-27(22)18(3)26(21)32-5/h6-15H,1-5H3,(H,28,29,30)/b17-11+. The number of benzene rings is 2. The molecule has 4 aromatic rings. The van der Waals surface area contributed by atoms with Crippen molar-refractivity contribution in [3.05, 3.63) is 77.7 Å². The van der Waals surface area contributed by atoms with Gasteiger partial charge >= 0.3 is 0 Å². The third kappa shape index (κ3) is 4.46. The first-order valence-corrected chi connectivity index (χ1v) is 10.6. The Bertz CT molecular complexity index is 1350. The Balaban J connectivity index is 1.76. The van der Waals surface area contributed by atoms with Gasteiger partial charge in [-0.25, -0.2) is 4.98 Å². The summed E-state index contributed by atoms with van der Waals surface area (Å²) in [7, 11) is 3.26. The van der Waals surface area contributed by atoms with Crippen molar-refractivity contribution in [1.82, 2.24) is 4.98 Å². The number of ether oxygens (including phenoxy) is 2. The zero-order valence-corrected chi connectivity index (χ0v) is 19.4. The lowest BCUT2D eigenvalue weighted by molar-refractivity contribution is -0.111. The Kier molecular flexibility index (Phi) is 6.18. The quantitative estimate of drug-likeness (QED) is 0.362. The molecule has 1 amide bonds. The number of allylic oxidation sites excluding steroid dienone is 1. The molecular formula is C27H26N2O4. The van der Waals surface area contributed by atoms with Crippen molar-refractivity contribution < 1.29 is 18.7 Å². The predicted molar refractivity (Wildman–Crippen MR) is 131 cm³/mol. The van der Waals surface area contributed by atoms with E-state index in [1.807, 2.05) is 57.2 Å². The third-order valence-corrected chi connectivity index (χ3v) is 5.56. The van der Waals surface area contributed by atoms with Crippen LogP contribution in [0.1, 0.15) is 23.6 Å². The SMILES string of the molecule is COc1cccc(-c2coc3c(C)c(OC)c(/C(C)=C/C(=O)Nc4ccc(C)cn4)cc23)c1. The number of fused-ring (bicyclic) bond motifs is 1. The van der Waals surface area contributed by atoms with Crippen molar-refractivity contribution in [3.8, 4) is 22.6 Å². The number of anilines is 1. The topological polar surface area (TPSA) is 73.6 Å². The van der Waals surface area contributed by atoms with E-state index >= 15 is 0 Å². The number of aromatic nitrogens is 1. The molecule has 0 spiro atoms. The third-order valence-electron chi connectivity index (χ3n) is 5.56. The molecular weight excluding hydrogens is 416 g/mol. The summed E-state index contributed by atoms with van der Waals surface area (Å²) >= 11 is 0. The van der Waals surface area contributed by atoms with Crippen molar-refractivity contribution in [3.63, 3.8) is 0 Å². The molecule has 2 aromatic heterocycles. The summed E-state index contributed by atoms with van der Waals surface area (Å²) in [6.45, 7) is 5.78. The van der Waals surface area contributed by atoms with Gasteiger partial charge < -0.3 is 19.2 Å². The Morgan fingerprint density at radius 2 is 1.91 bits per heavy atom. The average molecular weight is 443 g/mol. The van der Waals surface area contributed by atoms with E-state index in [1.165, 1.54) is 0 Å². The van der Waals surface area contributed by atoms with Crippen LogP contribution < -0.4 is 14.8 Å². The monoisotopic (exact) mass is 442 g/mol. The number of pyridine rings is 1. The zero-order valence-electron chi connectivity index (χ0n) is 19.4. The first kappa shape index (κ1) is 22.1.